The zero-order valence-electron chi connectivity index (χ0n) is 19.1. The second-order valence-electron chi connectivity index (χ2n) is 7.95. The van der Waals surface area contributed by atoms with Crippen molar-refractivity contribution < 1.29 is 36.0 Å². The Morgan fingerprint density at radius 2 is 1.67 bits per heavy atom. The Balaban J connectivity index is 1.90. The van der Waals surface area contributed by atoms with Gasteiger partial charge < -0.3 is 19.1 Å². The molecule has 1 fully saturated rings. The Labute approximate surface area is 193 Å². The van der Waals surface area contributed by atoms with E-state index in [-0.39, 0.29) is 18.3 Å². The number of nitrogens with zero attached hydrogens (tertiary/aromatic N) is 1. The van der Waals surface area contributed by atoms with Gasteiger partial charge in [0.05, 0.1) is 34.2 Å². The lowest BCUT2D eigenvalue weighted by Crippen LogP contribution is -2.35. The zero-order valence-corrected chi connectivity index (χ0v) is 19.9. The van der Waals surface area contributed by atoms with E-state index in [4.69, 9.17) is 18.4 Å². The van der Waals surface area contributed by atoms with Crippen molar-refractivity contribution in [3.8, 4) is 17.2 Å². The molecule has 1 unspecified atom stereocenters. The highest BCUT2D eigenvalue weighted by atomic mass is 32.2. The first-order valence-electron chi connectivity index (χ1n) is 10.3. The first-order chi connectivity index (χ1) is 15.6. The first-order valence-corrected chi connectivity index (χ1v) is 12.1. The summed E-state index contributed by atoms with van der Waals surface area (Å²) in [5.74, 6) is 0.514. The number of halogens is 1. The molecule has 0 spiro atoms. The van der Waals surface area contributed by atoms with Gasteiger partial charge in [0.1, 0.15) is 5.82 Å². The third kappa shape index (κ3) is 5.56. The fourth-order valence-electron chi connectivity index (χ4n) is 4.21. The lowest BCUT2D eigenvalue weighted by Gasteiger charge is -2.30. The molecule has 0 saturated carbocycles. The summed E-state index contributed by atoms with van der Waals surface area (Å²) in [5.41, 5.74) is 0.613. The molecule has 1 saturated heterocycles. The number of ether oxygens (including phenoxy) is 3. The molecule has 8 nitrogen and oxygen atoms in total. The Bertz CT molecular complexity index is 1080. The molecule has 1 atom stereocenters. The highest BCUT2D eigenvalue weighted by molar-refractivity contribution is 7.85. The van der Waals surface area contributed by atoms with E-state index in [0.29, 0.717) is 48.7 Å². The van der Waals surface area contributed by atoms with Gasteiger partial charge in [0.2, 0.25) is 5.75 Å². The van der Waals surface area contributed by atoms with Gasteiger partial charge in [-0.15, -0.1) is 0 Å². The van der Waals surface area contributed by atoms with Crippen LogP contribution in [0.15, 0.2) is 36.4 Å². The van der Waals surface area contributed by atoms with Crippen molar-refractivity contribution in [3.05, 3.63) is 53.3 Å². The number of hydrogen-bond acceptors (Lipinski definition) is 7. The quantitative estimate of drug-likeness (QED) is 0.509. The van der Waals surface area contributed by atoms with Crippen molar-refractivity contribution in [2.24, 2.45) is 0 Å². The van der Waals surface area contributed by atoms with Gasteiger partial charge in [-0.1, -0.05) is 12.1 Å². The molecule has 1 amide bonds. The molecule has 1 aliphatic heterocycles. The SMILES string of the molecule is COc1cc(C(=O)N2CCC(CCOS(C)(=O)=O)(c3ccc(F)cc3)C2)cc(OC)c1OC. The summed E-state index contributed by atoms with van der Waals surface area (Å²) in [6.07, 6.45) is 1.92. The summed E-state index contributed by atoms with van der Waals surface area (Å²) in [4.78, 5) is 15.1. The van der Waals surface area contributed by atoms with Crippen LogP contribution in [0.4, 0.5) is 4.39 Å². The second-order valence-corrected chi connectivity index (χ2v) is 9.60. The Hall–Kier alpha value is -2.85. The van der Waals surface area contributed by atoms with Crippen LogP contribution in [0.2, 0.25) is 0 Å². The van der Waals surface area contributed by atoms with Crippen molar-refractivity contribution in [1.82, 2.24) is 4.90 Å². The number of carbonyl (C=O) groups is 1. The van der Waals surface area contributed by atoms with E-state index in [0.717, 1.165) is 11.8 Å². The van der Waals surface area contributed by atoms with Crippen LogP contribution in [0.3, 0.4) is 0 Å². The van der Waals surface area contributed by atoms with Crippen molar-refractivity contribution in [1.29, 1.82) is 0 Å². The van der Waals surface area contributed by atoms with Gasteiger partial charge in [-0.3, -0.25) is 8.98 Å². The predicted octanol–water partition coefficient (Wildman–Crippen LogP) is 3.00. The molecule has 0 N–H and O–H groups in total. The van der Waals surface area contributed by atoms with Gasteiger partial charge in [0.15, 0.2) is 11.5 Å². The minimum absolute atomic E-state index is 0.0393. The Morgan fingerprint density at radius 3 is 2.18 bits per heavy atom. The minimum Gasteiger partial charge on any atom is -0.493 e. The molecular weight excluding hydrogens is 453 g/mol. The highest BCUT2D eigenvalue weighted by Crippen LogP contribution is 2.41. The standard InChI is InChI=1S/C23H28FNO7S/c1-29-19-13-16(14-20(30-2)21(19)31-3)22(26)25-11-9-23(15-25,10-12-32-33(4,27)28)17-5-7-18(24)8-6-17/h5-8,13-14H,9-12,15H2,1-4H3. The average Bonchev–Trinajstić information content (AvgIpc) is 3.22. The van der Waals surface area contributed by atoms with E-state index in [2.05, 4.69) is 0 Å². The number of likely N-dealkylation sites (tertiary alicyclic amines) is 1. The van der Waals surface area contributed by atoms with Crippen LogP contribution in [0.25, 0.3) is 0 Å². The third-order valence-electron chi connectivity index (χ3n) is 5.89. The maximum atomic E-state index is 13.5. The van der Waals surface area contributed by atoms with Crippen molar-refractivity contribution >= 4 is 16.0 Å². The van der Waals surface area contributed by atoms with Gasteiger partial charge in [-0.2, -0.15) is 8.42 Å². The Morgan fingerprint density at radius 1 is 1.06 bits per heavy atom. The summed E-state index contributed by atoms with van der Waals surface area (Å²) in [6.45, 7) is 0.718. The van der Waals surface area contributed by atoms with E-state index in [1.165, 1.54) is 33.5 Å². The third-order valence-corrected chi connectivity index (χ3v) is 6.48. The maximum absolute atomic E-state index is 13.5. The largest absolute Gasteiger partial charge is 0.493 e. The van der Waals surface area contributed by atoms with Crippen LogP contribution < -0.4 is 14.2 Å². The van der Waals surface area contributed by atoms with Crippen molar-refractivity contribution in [3.63, 3.8) is 0 Å². The first kappa shape index (κ1) is 24.8. The number of hydrogen-bond donors (Lipinski definition) is 0. The predicted molar refractivity (Wildman–Crippen MR) is 120 cm³/mol. The fourth-order valence-corrected chi connectivity index (χ4v) is 4.59. The molecule has 2 aromatic rings. The van der Waals surface area contributed by atoms with Crippen LogP contribution in [0.5, 0.6) is 17.2 Å². The zero-order chi connectivity index (χ0) is 24.2. The van der Waals surface area contributed by atoms with Gasteiger partial charge in [0, 0.05) is 24.1 Å². The van der Waals surface area contributed by atoms with Crippen LogP contribution in [-0.4, -0.2) is 66.5 Å². The molecular formula is C23H28FNO7S. The van der Waals surface area contributed by atoms with E-state index in [1.54, 1.807) is 29.2 Å². The molecule has 0 aliphatic carbocycles. The van der Waals surface area contributed by atoms with Gasteiger partial charge >= 0.3 is 0 Å². The molecule has 33 heavy (non-hydrogen) atoms. The summed E-state index contributed by atoms with van der Waals surface area (Å²) in [5, 5.41) is 0. The smallest absolute Gasteiger partial charge is 0.264 e. The van der Waals surface area contributed by atoms with Crippen molar-refractivity contribution in [2.45, 2.75) is 18.3 Å². The second kappa shape index (κ2) is 9.96. The van der Waals surface area contributed by atoms with Gasteiger partial charge in [-0.25, -0.2) is 4.39 Å². The van der Waals surface area contributed by atoms with Crippen LogP contribution >= 0.6 is 0 Å². The minimum atomic E-state index is -3.61. The Kier molecular flexibility index (Phi) is 7.48. The molecule has 3 rings (SSSR count). The van der Waals surface area contributed by atoms with Crippen LogP contribution in [0, 0.1) is 5.82 Å². The molecule has 0 radical (unpaired) electrons. The normalized spacial score (nSPS) is 18.3. The van der Waals surface area contributed by atoms with E-state index < -0.39 is 15.5 Å². The van der Waals surface area contributed by atoms with Crippen molar-refractivity contribution in [2.75, 3.05) is 47.3 Å². The van der Waals surface area contributed by atoms with E-state index in [9.17, 15) is 17.6 Å². The summed E-state index contributed by atoms with van der Waals surface area (Å²) in [7, 11) is 0.827. The number of amides is 1. The molecule has 2 aromatic carbocycles. The maximum Gasteiger partial charge on any atom is 0.264 e. The number of methoxy groups -OCH3 is 3. The summed E-state index contributed by atoms with van der Waals surface area (Å²) < 4.78 is 57.4. The topological polar surface area (TPSA) is 91.4 Å². The molecule has 10 heteroatoms. The summed E-state index contributed by atoms with van der Waals surface area (Å²) >= 11 is 0. The average molecular weight is 482 g/mol. The number of benzene rings is 2. The molecule has 180 valence electrons. The molecule has 1 heterocycles. The lowest BCUT2D eigenvalue weighted by atomic mass is 9.77. The van der Waals surface area contributed by atoms with E-state index in [1.807, 2.05) is 0 Å². The molecule has 1 aliphatic rings. The number of carbonyl (C=O) groups excluding carboxylic acids is 1. The van der Waals surface area contributed by atoms with E-state index >= 15 is 0 Å². The monoisotopic (exact) mass is 481 g/mol. The van der Waals surface area contributed by atoms with Crippen LogP contribution in [0.1, 0.15) is 28.8 Å². The van der Waals surface area contributed by atoms with Crippen LogP contribution in [-0.2, 0) is 19.7 Å². The summed E-state index contributed by atoms with van der Waals surface area (Å²) in [6, 6.07) is 9.24. The molecule has 0 bridgehead atoms. The number of rotatable bonds is 9. The highest BCUT2D eigenvalue weighted by Gasteiger charge is 2.41. The fraction of sp³-hybridized carbons (Fsp3) is 0.435. The van der Waals surface area contributed by atoms with Gasteiger partial charge in [-0.05, 0) is 42.7 Å². The molecule has 0 aromatic heterocycles. The lowest BCUT2D eigenvalue weighted by molar-refractivity contribution is 0.0779. The van der Waals surface area contributed by atoms with Gasteiger partial charge in [0.25, 0.3) is 16.0 Å².